The van der Waals surface area contributed by atoms with Crippen molar-refractivity contribution in [3.63, 3.8) is 0 Å². The number of carboxylic acids is 1. The molecule has 1 aromatic heterocycles. The molecule has 0 aliphatic carbocycles. The van der Waals surface area contributed by atoms with Crippen molar-refractivity contribution in [1.82, 2.24) is 4.98 Å². The van der Waals surface area contributed by atoms with Gasteiger partial charge in [-0.25, -0.2) is 4.79 Å². The normalized spacial score (nSPS) is 10.8. The van der Waals surface area contributed by atoms with Gasteiger partial charge >= 0.3 is 12.1 Å². The zero-order chi connectivity index (χ0) is 13.8. The highest BCUT2D eigenvalue weighted by molar-refractivity contribution is 5.86. The molecular weight excluding hydrogens is 236 g/mol. The molecule has 0 fully saturated rings. The van der Waals surface area contributed by atoms with Crippen molar-refractivity contribution in [2.24, 2.45) is 0 Å². The van der Waals surface area contributed by atoms with Crippen molar-refractivity contribution >= 4 is 17.7 Å². The molecule has 0 bridgehead atoms. The van der Waals surface area contributed by atoms with E-state index in [-0.39, 0.29) is 12.1 Å². The van der Waals surface area contributed by atoms with Crippen molar-refractivity contribution in [2.45, 2.75) is 32.8 Å². The Morgan fingerprint density at radius 1 is 1.44 bits per heavy atom. The van der Waals surface area contributed by atoms with E-state index in [9.17, 15) is 9.59 Å². The number of hydrogen-bond acceptors (Lipinski definition) is 4. The molecule has 0 aromatic carbocycles. The van der Waals surface area contributed by atoms with Gasteiger partial charge in [0.05, 0.1) is 17.8 Å². The van der Waals surface area contributed by atoms with Crippen LogP contribution < -0.4 is 5.32 Å². The number of rotatable bonds is 3. The quantitative estimate of drug-likeness (QED) is 0.859. The zero-order valence-electron chi connectivity index (χ0n) is 10.6. The fourth-order valence-electron chi connectivity index (χ4n) is 1.25. The summed E-state index contributed by atoms with van der Waals surface area (Å²) in [6.45, 7) is 5.23. The molecule has 18 heavy (non-hydrogen) atoms. The minimum atomic E-state index is -1.01. The Morgan fingerprint density at radius 2 is 2.11 bits per heavy atom. The van der Waals surface area contributed by atoms with E-state index in [1.54, 1.807) is 32.9 Å². The number of pyridine rings is 1. The predicted molar refractivity (Wildman–Crippen MR) is 65.4 cm³/mol. The standard InChI is InChI=1S/C12H16N2O4/c1-12(2,3)18-11(17)14-8-5-4-6-13-9(8)7-10(15)16/h4-6H,7H2,1-3H3,(H,14,17)(H,15,16). The zero-order valence-corrected chi connectivity index (χ0v) is 10.6. The van der Waals surface area contributed by atoms with Gasteiger partial charge in [0.25, 0.3) is 0 Å². The van der Waals surface area contributed by atoms with Crippen LogP contribution in [0, 0.1) is 0 Å². The van der Waals surface area contributed by atoms with E-state index in [2.05, 4.69) is 10.3 Å². The lowest BCUT2D eigenvalue weighted by Crippen LogP contribution is -2.27. The number of hydrogen-bond donors (Lipinski definition) is 2. The summed E-state index contributed by atoms with van der Waals surface area (Å²) in [6.07, 6.45) is 0.576. The first-order valence-electron chi connectivity index (χ1n) is 5.43. The summed E-state index contributed by atoms with van der Waals surface area (Å²) in [7, 11) is 0. The number of carbonyl (C=O) groups is 2. The summed E-state index contributed by atoms with van der Waals surface area (Å²) in [6, 6.07) is 3.19. The number of amides is 1. The maximum atomic E-state index is 11.6. The largest absolute Gasteiger partial charge is 0.481 e. The Labute approximate surface area is 105 Å². The second-order valence-corrected chi connectivity index (χ2v) is 4.70. The van der Waals surface area contributed by atoms with Gasteiger partial charge in [0.1, 0.15) is 5.60 Å². The number of aliphatic carboxylic acids is 1. The lowest BCUT2D eigenvalue weighted by atomic mass is 10.2. The lowest BCUT2D eigenvalue weighted by molar-refractivity contribution is -0.136. The van der Waals surface area contributed by atoms with E-state index in [1.807, 2.05) is 0 Å². The number of carboxylic acid groups (broad SMARTS) is 1. The molecule has 0 saturated heterocycles. The average Bonchev–Trinajstić information content (AvgIpc) is 2.17. The van der Waals surface area contributed by atoms with E-state index < -0.39 is 17.7 Å². The number of ether oxygens (including phenoxy) is 1. The van der Waals surface area contributed by atoms with E-state index in [1.165, 1.54) is 6.20 Å². The monoisotopic (exact) mass is 252 g/mol. The molecule has 0 atom stereocenters. The summed E-state index contributed by atoms with van der Waals surface area (Å²) >= 11 is 0. The number of anilines is 1. The third kappa shape index (κ3) is 4.82. The minimum Gasteiger partial charge on any atom is -0.481 e. The predicted octanol–water partition coefficient (Wildman–Crippen LogP) is 2.06. The lowest BCUT2D eigenvalue weighted by Gasteiger charge is -2.20. The summed E-state index contributed by atoms with van der Waals surface area (Å²) in [4.78, 5) is 26.1. The average molecular weight is 252 g/mol. The van der Waals surface area contributed by atoms with Crippen molar-refractivity contribution in [3.05, 3.63) is 24.0 Å². The van der Waals surface area contributed by atoms with Gasteiger partial charge in [-0.3, -0.25) is 15.1 Å². The van der Waals surface area contributed by atoms with Gasteiger partial charge in [0.15, 0.2) is 0 Å². The first kappa shape index (κ1) is 14.0. The molecule has 2 N–H and O–H groups in total. The summed E-state index contributed by atoms with van der Waals surface area (Å²) < 4.78 is 5.08. The summed E-state index contributed by atoms with van der Waals surface area (Å²) in [5.74, 6) is -1.01. The highest BCUT2D eigenvalue weighted by Gasteiger charge is 2.17. The molecular formula is C12H16N2O4. The molecule has 6 nitrogen and oxygen atoms in total. The van der Waals surface area contributed by atoms with Crippen molar-refractivity contribution in [1.29, 1.82) is 0 Å². The molecule has 98 valence electrons. The number of nitrogens with zero attached hydrogens (tertiary/aromatic N) is 1. The topological polar surface area (TPSA) is 88.5 Å². The van der Waals surface area contributed by atoms with Crippen LogP contribution in [0.1, 0.15) is 26.5 Å². The molecule has 1 rings (SSSR count). The van der Waals surface area contributed by atoms with Crippen molar-refractivity contribution in [2.75, 3.05) is 5.32 Å². The molecule has 0 unspecified atom stereocenters. The van der Waals surface area contributed by atoms with Crippen LogP contribution in [0.25, 0.3) is 0 Å². The van der Waals surface area contributed by atoms with Gasteiger partial charge in [0, 0.05) is 6.20 Å². The van der Waals surface area contributed by atoms with Crippen molar-refractivity contribution < 1.29 is 19.4 Å². The van der Waals surface area contributed by atoms with Gasteiger partial charge < -0.3 is 9.84 Å². The van der Waals surface area contributed by atoms with Crippen LogP contribution in [-0.4, -0.2) is 27.8 Å². The summed E-state index contributed by atoms with van der Waals surface area (Å²) in [5, 5.41) is 11.2. The molecule has 0 radical (unpaired) electrons. The smallest absolute Gasteiger partial charge is 0.412 e. The summed E-state index contributed by atoms with van der Waals surface area (Å²) in [5.41, 5.74) is 0.0178. The highest BCUT2D eigenvalue weighted by atomic mass is 16.6. The van der Waals surface area contributed by atoms with Gasteiger partial charge in [-0.2, -0.15) is 0 Å². The minimum absolute atomic E-state index is 0.258. The molecule has 0 saturated carbocycles. The fraction of sp³-hybridized carbons (Fsp3) is 0.417. The Morgan fingerprint density at radius 3 is 2.67 bits per heavy atom. The van der Waals surface area contributed by atoms with Crippen LogP contribution in [0.4, 0.5) is 10.5 Å². The molecule has 1 aromatic rings. The number of nitrogens with one attached hydrogen (secondary N) is 1. The molecule has 0 aliphatic heterocycles. The molecule has 1 heterocycles. The first-order valence-corrected chi connectivity index (χ1v) is 5.43. The Bertz CT molecular complexity index is 452. The third-order valence-electron chi connectivity index (χ3n) is 1.84. The van der Waals surface area contributed by atoms with Crippen molar-refractivity contribution in [3.8, 4) is 0 Å². The Kier molecular flexibility index (Phi) is 4.25. The van der Waals surface area contributed by atoms with E-state index >= 15 is 0 Å². The molecule has 0 spiro atoms. The Balaban J connectivity index is 2.78. The fourth-order valence-corrected chi connectivity index (χ4v) is 1.25. The molecule has 0 aliphatic rings. The highest BCUT2D eigenvalue weighted by Crippen LogP contribution is 2.15. The van der Waals surface area contributed by atoms with Gasteiger partial charge in [-0.05, 0) is 32.9 Å². The van der Waals surface area contributed by atoms with Crippen LogP contribution in [0.15, 0.2) is 18.3 Å². The van der Waals surface area contributed by atoms with Crippen LogP contribution in [0.5, 0.6) is 0 Å². The number of carbonyl (C=O) groups excluding carboxylic acids is 1. The van der Waals surface area contributed by atoms with Gasteiger partial charge in [-0.1, -0.05) is 0 Å². The number of aromatic nitrogens is 1. The van der Waals surface area contributed by atoms with Crippen LogP contribution >= 0.6 is 0 Å². The second kappa shape index (κ2) is 5.48. The first-order chi connectivity index (χ1) is 8.28. The maximum Gasteiger partial charge on any atom is 0.412 e. The SMILES string of the molecule is CC(C)(C)OC(=O)Nc1cccnc1CC(=O)O. The van der Waals surface area contributed by atoms with E-state index in [0.29, 0.717) is 5.69 Å². The molecule has 6 heteroatoms. The van der Waals surface area contributed by atoms with E-state index in [0.717, 1.165) is 0 Å². The van der Waals surface area contributed by atoms with Crippen LogP contribution in [0.3, 0.4) is 0 Å². The maximum absolute atomic E-state index is 11.6. The third-order valence-corrected chi connectivity index (χ3v) is 1.84. The molecule has 1 amide bonds. The Hall–Kier alpha value is -2.11. The van der Waals surface area contributed by atoms with Gasteiger partial charge in [-0.15, -0.1) is 0 Å². The second-order valence-electron chi connectivity index (χ2n) is 4.70. The van der Waals surface area contributed by atoms with E-state index in [4.69, 9.17) is 9.84 Å². The van der Waals surface area contributed by atoms with Crippen LogP contribution in [-0.2, 0) is 16.0 Å². The van der Waals surface area contributed by atoms with Gasteiger partial charge in [0.2, 0.25) is 0 Å². The van der Waals surface area contributed by atoms with Crippen LogP contribution in [0.2, 0.25) is 0 Å².